The van der Waals surface area contributed by atoms with Gasteiger partial charge in [-0.05, 0) is 25.3 Å². The lowest BCUT2D eigenvalue weighted by Crippen LogP contribution is -2.02. The number of alkyl halides is 1. The van der Waals surface area contributed by atoms with Gasteiger partial charge in [-0.15, -0.1) is 0 Å². The summed E-state index contributed by atoms with van der Waals surface area (Å²) in [6.07, 6.45) is 7.47. The summed E-state index contributed by atoms with van der Waals surface area (Å²) in [7, 11) is 0. The third-order valence-electron chi connectivity index (χ3n) is 1.91. The molecule has 12 heavy (non-hydrogen) atoms. The summed E-state index contributed by atoms with van der Waals surface area (Å²) in [4.78, 5) is 0.674. The van der Waals surface area contributed by atoms with Crippen LogP contribution in [0.4, 0.5) is 0 Å². The van der Waals surface area contributed by atoms with Gasteiger partial charge < -0.3 is 0 Å². The number of aryl methyl sites for hydroxylation is 1. The van der Waals surface area contributed by atoms with Gasteiger partial charge in [-0.1, -0.05) is 22.9 Å². The molecule has 0 bridgehead atoms. The molecule has 1 aromatic rings. The van der Waals surface area contributed by atoms with Crippen LogP contribution in [0.3, 0.4) is 0 Å². The molecule has 3 heteroatoms. The highest BCUT2D eigenvalue weighted by molar-refractivity contribution is 9.09. The molecule has 0 saturated carbocycles. The molecule has 1 aromatic heterocycles. The second-order valence-electron chi connectivity index (χ2n) is 2.92. The normalized spacial score (nSPS) is 13.2. The molecule has 0 N–H and O–H groups in total. The van der Waals surface area contributed by atoms with Gasteiger partial charge in [0.2, 0.25) is 0 Å². The quantitative estimate of drug-likeness (QED) is 0.712. The topological polar surface area (TPSA) is 17.8 Å². The van der Waals surface area contributed by atoms with E-state index in [1.165, 1.54) is 19.3 Å². The standard InChI is InChI=1S/C9H15BrN2/c1-2-9(10)5-3-7-12-8-4-6-11-12/h4,6,8-9H,2-3,5,7H2,1H3. The van der Waals surface area contributed by atoms with E-state index in [1.54, 1.807) is 0 Å². The average molecular weight is 231 g/mol. The van der Waals surface area contributed by atoms with E-state index in [9.17, 15) is 0 Å². The van der Waals surface area contributed by atoms with Gasteiger partial charge in [0.05, 0.1) is 0 Å². The first kappa shape index (κ1) is 9.78. The van der Waals surface area contributed by atoms with Crippen LogP contribution >= 0.6 is 15.9 Å². The van der Waals surface area contributed by atoms with Crippen molar-refractivity contribution in [2.24, 2.45) is 0 Å². The first-order valence-electron chi connectivity index (χ1n) is 4.44. The Morgan fingerprint density at radius 3 is 3.00 bits per heavy atom. The van der Waals surface area contributed by atoms with E-state index in [0.29, 0.717) is 4.83 Å². The summed E-state index contributed by atoms with van der Waals surface area (Å²) in [6, 6.07) is 1.96. The first-order valence-corrected chi connectivity index (χ1v) is 5.36. The monoisotopic (exact) mass is 230 g/mol. The van der Waals surface area contributed by atoms with Crippen molar-refractivity contribution in [1.29, 1.82) is 0 Å². The zero-order valence-electron chi connectivity index (χ0n) is 7.41. The van der Waals surface area contributed by atoms with Crippen molar-refractivity contribution in [3.8, 4) is 0 Å². The van der Waals surface area contributed by atoms with E-state index >= 15 is 0 Å². The Hall–Kier alpha value is -0.310. The van der Waals surface area contributed by atoms with E-state index in [2.05, 4.69) is 28.0 Å². The van der Waals surface area contributed by atoms with Gasteiger partial charge in [-0.3, -0.25) is 4.68 Å². The van der Waals surface area contributed by atoms with Crippen LogP contribution in [0.2, 0.25) is 0 Å². The summed E-state index contributed by atoms with van der Waals surface area (Å²) >= 11 is 3.61. The number of hydrogen-bond donors (Lipinski definition) is 0. The van der Waals surface area contributed by atoms with Crippen LogP contribution in [0, 0.1) is 0 Å². The summed E-state index contributed by atoms with van der Waals surface area (Å²) in [5.41, 5.74) is 0. The third kappa shape index (κ3) is 3.39. The molecular weight excluding hydrogens is 216 g/mol. The number of halogens is 1. The van der Waals surface area contributed by atoms with Crippen molar-refractivity contribution in [2.45, 2.75) is 37.6 Å². The minimum Gasteiger partial charge on any atom is -0.273 e. The molecule has 0 aliphatic rings. The Labute approximate surface area is 82.1 Å². The Morgan fingerprint density at radius 1 is 1.58 bits per heavy atom. The van der Waals surface area contributed by atoms with E-state index in [1.807, 2.05) is 23.1 Å². The fraction of sp³-hybridized carbons (Fsp3) is 0.667. The first-order chi connectivity index (χ1) is 5.83. The van der Waals surface area contributed by atoms with Gasteiger partial charge >= 0.3 is 0 Å². The summed E-state index contributed by atoms with van der Waals surface area (Å²) < 4.78 is 1.98. The predicted molar refractivity (Wildman–Crippen MR) is 54.5 cm³/mol. The lowest BCUT2D eigenvalue weighted by Gasteiger charge is -2.05. The highest BCUT2D eigenvalue weighted by atomic mass is 79.9. The molecule has 0 radical (unpaired) electrons. The summed E-state index contributed by atoms with van der Waals surface area (Å²) in [6.45, 7) is 3.24. The fourth-order valence-corrected chi connectivity index (χ4v) is 1.44. The van der Waals surface area contributed by atoms with Gasteiger partial charge in [0, 0.05) is 23.8 Å². The molecule has 1 rings (SSSR count). The predicted octanol–water partition coefficient (Wildman–Crippen LogP) is 2.84. The fourth-order valence-electron chi connectivity index (χ4n) is 1.11. The molecule has 0 aromatic carbocycles. The van der Waals surface area contributed by atoms with E-state index in [4.69, 9.17) is 0 Å². The second kappa shape index (κ2) is 5.36. The maximum atomic E-state index is 4.14. The highest BCUT2D eigenvalue weighted by Gasteiger charge is 1.99. The highest BCUT2D eigenvalue weighted by Crippen LogP contribution is 2.11. The van der Waals surface area contributed by atoms with Crippen molar-refractivity contribution in [1.82, 2.24) is 9.78 Å². The number of hydrogen-bond acceptors (Lipinski definition) is 1. The Morgan fingerprint density at radius 2 is 2.42 bits per heavy atom. The number of rotatable bonds is 5. The minimum absolute atomic E-state index is 0.674. The van der Waals surface area contributed by atoms with Crippen LogP contribution < -0.4 is 0 Å². The Kier molecular flexibility index (Phi) is 4.36. The molecule has 0 saturated heterocycles. The number of nitrogens with zero attached hydrogens (tertiary/aromatic N) is 2. The van der Waals surface area contributed by atoms with E-state index < -0.39 is 0 Å². The molecule has 68 valence electrons. The molecule has 0 spiro atoms. The van der Waals surface area contributed by atoms with E-state index in [-0.39, 0.29) is 0 Å². The molecule has 0 amide bonds. The van der Waals surface area contributed by atoms with Crippen LogP contribution in [0.1, 0.15) is 26.2 Å². The molecule has 2 nitrogen and oxygen atoms in total. The van der Waals surface area contributed by atoms with Gasteiger partial charge in [-0.25, -0.2) is 0 Å². The van der Waals surface area contributed by atoms with Gasteiger partial charge in [0.25, 0.3) is 0 Å². The molecule has 1 heterocycles. The van der Waals surface area contributed by atoms with Crippen molar-refractivity contribution in [2.75, 3.05) is 0 Å². The smallest absolute Gasteiger partial charge is 0.0489 e. The Bertz CT molecular complexity index is 196. The lowest BCUT2D eigenvalue weighted by atomic mass is 10.2. The molecule has 1 atom stereocenters. The van der Waals surface area contributed by atoms with Gasteiger partial charge in [0.15, 0.2) is 0 Å². The Balaban J connectivity index is 2.11. The van der Waals surface area contributed by atoms with Crippen molar-refractivity contribution in [3.05, 3.63) is 18.5 Å². The summed E-state index contributed by atoms with van der Waals surface area (Å²) in [5, 5.41) is 4.14. The SMILES string of the molecule is CCC(Br)CCCn1cccn1. The molecular formula is C9H15BrN2. The third-order valence-corrected chi connectivity index (χ3v) is 3.01. The molecule has 0 fully saturated rings. The maximum Gasteiger partial charge on any atom is 0.0489 e. The lowest BCUT2D eigenvalue weighted by molar-refractivity contribution is 0.549. The van der Waals surface area contributed by atoms with Crippen LogP contribution in [0.5, 0.6) is 0 Å². The van der Waals surface area contributed by atoms with Crippen LogP contribution in [0.15, 0.2) is 18.5 Å². The maximum absolute atomic E-state index is 4.14. The van der Waals surface area contributed by atoms with E-state index in [0.717, 1.165) is 6.54 Å². The van der Waals surface area contributed by atoms with Crippen LogP contribution in [-0.4, -0.2) is 14.6 Å². The molecule has 0 aliphatic carbocycles. The molecule has 1 unspecified atom stereocenters. The van der Waals surface area contributed by atoms with Crippen molar-refractivity contribution in [3.63, 3.8) is 0 Å². The molecule has 0 aliphatic heterocycles. The van der Waals surface area contributed by atoms with Crippen LogP contribution in [0.25, 0.3) is 0 Å². The van der Waals surface area contributed by atoms with Crippen LogP contribution in [-0.2, 0) is 6.54 Å². The number of aromatic nitrogens is 2. The van der Waals surface area contributed by atoms with Crippen molar-refractivity contribution < 1.29 is 0 Å². The second-order valence-corrected chi connectivity index (χ2v) is 4.21. The average Bonchev–Trinajstić information content (AvgIpc) is 2.57. The van der Waals surface area contributed by atoms with Gasteiger partial charge in [0.1, 0.15) is 0 Å². The zero-order valence-corrected chi connectivity index (χ0v) is 9.00. The van der Waals surface area contributed by atoms with Crippen molar-refractivity contribution >= 4 is 15.9 Å². The largest absolute Gasteiger partial charge is 0.273 e. The minimum atomic E-state index is 0.674. The van der Waals surface area contributed by atoms with Gasteiger partial charge in [-0.2, -0.15) is 5.10 Å². The zero-order chi connectivity index (χ0) is 8.81. The summed E-state index contributed by atoms with van der Waals surface area (Å²) in [5.74, 6) is 0.